The van der Waals surface area contributed by atoms with Crippen molar-refractivity contribution in [3.63, 3.8) is 0 Å². The van der Waals surface area contributed by atoms with Crippen LogP contribution in [0, 0.1) is 0 Å². The second kappa shape index (κ2) is 10.6. The Balaban J connectivity index is 1.40. The highest BCUT2D eigenvalue weighted by Gasteiger charge is 2.11. The molecule has 1 fully saturated rings. The Morgan fingerprint density at radius 2 is 2.11 bits per heavy atom. The highest BCUT2D eigenvalue weighted by Crippen LogP contribution is 2.13. The number of amides is 2. The van der Waals surface area contributed by atoms with Crippen LogP contribution in [0.3, 0.4) is 0 Å². The highest BCUT2D eigenvalue weighted by atomic mass is 16.5. The summed E-state index contributed by atoms with van der Waals surface area (Å²) < 4.78 is 11.2. The Hall–Kier alpha value is -2.64. The number of hydrogen-bond donors (Lipinski definition) is 2. The van der Waals surface area contributed by atoms with Crippen LogP contribution in [0.15, 0.2) is 48.7 Å². The lowest BCUT2D eigenvalue weighted by Crippen LogP contribution is -2.38. The number of ether oxygens (including phenoxy) is 2. The molecule has 3 rings (SSSR count). The maximum Gasteiger partial charge on any atom is 0.315 e. The first-order chi connectivity index (χ1) is 13.7. The van der Waals surface area contributed by atoms with Crippen molar-refractivity contribution in [1.29, 1.82) is 0 Å². The van der Waals surface area contributed by atoms with Gasteiger partial charge < -0.3 is 20.1 Å². The second-order valence-corrected chi connectivity index (χ2v) is 6.75. The number of hydrogen-bond acceptors (Lipinski definition) is 5. The summed E-state index contributed by atoms with van der Waals surface area (Å²) in [6.07, 6.45) is 1.72. The molecule has 28 heavy (non-hydrogen) atoms. The summed E-state index contributed by atoms with van der Waals surface area (Å²) in [4.78, 5) is 18.7. The Bertz CT molecular complexity index is 735. The number of carbonyl (C=O) groups is 1. The second-order valence-electron chi connectivity index (χ2n) is 6.75. The molecule has 1 atom stereocenters. The summed E-state index contributed by atoms with van der Waals surface area (Å²) in [5, 5.41) is 5.77. The maximum atomic E-state index is 12.1. The SMILES string of the molecule is CC(NC(=O)NCc1cccc(OCCN2CCOCC2)c1)c1ccccn1. The smallest absolute Gasteiger partial charge is 0.315 e. The number of rotatable bonds is 8. The van der Waals surface area contributed by atoms with E-state index in [-0.39, 0.29) is 12.1 Å². The number of morpholine rings is 1. The number of pyridine rings is 1. The molecule has 7 nitrogen and oxygen atoms in total. The van der Waals surface area contributed by atoms with Crippen molar-refractivity contribution < 1.29 is 14.3 Å². The van der Waals surface area contributed by atoms with Gasteiger partial charge in [-0.05, 0) is 36.8 Å². The molecule has 7 heteroatoms. The summed E-state index contributed by atoms with van der Waals surface area (Å²) in [7, 11) is 0. The molecule has 2 heterocycles. The normalized spacial score (nSPS) is 15.6. The Labute approximate surface area is 166 Å². The van der Waals surface area contributed by atoms with Crippen molar-refractivity contribution in [2.24, 2.45) is 0 Å². The van der Waals surface area contributed by atoms with E-state index in [1.165, 1.54) is 0 Å². The summed E-state index contributed by atoms with van der Waals surface area (Å²) in [6.45, 7) is 7.37. The molecule has 2 amide bonds. The van der Waals surface area contributed by atoms with Crippen molar-refractivity contribution >= 4 is 6.03 Å². The van der Waals surface area contributed by atoms with Crippen LogP contribution in [0.5, 0.6) is 5.75 Å². The standard InChI is InChI=1S/C21H28N4O3/c1-17(20-7-2-3-8-22-20)24-21(26)23-16-18-5-4-6-19(15-18)28-14-11-25-9-12-27-13-10-25/h2-8,15,17H,9-14,16H2,1H3,(H2,23,24,26). The first-order valence-corrected chi connectivity index (χ1v) is 9.68. The molecule has 1 aliphatic heterocycles. The first-order valence-electron chi connectivity index (χ1n) is 9.68. The zero-order valence-corrected chi connectivity index (χ0v) is 16.3. The predicted octanol–water partition coefficient (Wildman–Crippen LogP) is 2.35. The van der Waals surface area contributed by atoms with Crippen molar-refractivity contribution in [1.82, 2.24) is 20.5 Å². The van der Waals surface area contributed by atoms with E-state index in [1.807, 2.05) is 49.4 Å². The van der Waals surface area contributed by atoms with Gasteiger partial charge in [0.25, 0.3) is 0 Å². The molecule has 0 aliphatic carbocycles. The fraction of sp³-hybridized carbons (Fsp3) is 0.429. The predicted molar refractivity (Wildman–Crippen MR) is 107 cm³/mol. The van der Waals surface area contributed by atoms with Gasteiger partial charge in [0, 0.05) is 32.4 Å². The largest absolute Gasteiger partial charge is 0.492 e. The van der Waals surface area contributed by atoms with E-state index >= 15 is 0 Å². The van der Waals surface area contributed by atoms with Crippen molar-refractivity contribution in [3.8, 4) is 5.75 Å². The number of nitrogens with zero attached hydrogens (tertiary/aromatic N) is 2. The lowest BCUT2D eigenvalue weighted by Gasteiger charge is -2.26. The number of nitrogens with one attached hydrogen (secondary N) is 2. The molecule has 1 saturated heterocycles. The topological polar surface area (TPSA) is 75.7 Å². The molecule has 0 spiro atoms. The average Bonchev–Trinajstić information content (AvgIpc) is 2.74. The summed E-state index contributed by atoms with van der Waals surface area (Å²) in [5.41, 5.74) is 1.82. The van der Waals surface area contributed by atoms with E-state index in [0.29, 0.717) is 13.2 Å². The monoisotopic (exact) mass is 384 g/mol. The van der Waals surface area contributed by atoms with Crippen molar-refractivity contribution in [2.45, 2.75) is 19.5 Å². The number of benzene rings is 1. The van der Waals surface area contributed by atoms with Crippen molar-refractivity contribution in [3.05, 3.63) is 59.9 Å². The molecule has 1 aromatic carbocycles. The fourth-order valence-corrected chi connectivity index (χ4v) is 3.00. The molecule has 1 unspecified atom stereocenters. The van der Waals surface area contributed by atoms with E-state index in [9.17, 15) is 4.79 Å². The minimum Gasteiger partial charge on any atom is -0.492 e. The summed E-state index contributed by atoms with van der Waals surface area (Å²) >= 11 is 0. The number of urea groups is 1. The van der Waals surface area contributed by atoms with Crippen LogP contribution in [0.25, 0.3) is 0 Å². The maximum absolute atomic E-state index is 12.1. The van der Waals surface area contributed by atoms with E-state index in [1.54, 1.807) is 6.20 Å². The van der Waals surface area contributed by atoms with Gasteiger partial charge in [-0.1, -0.05) is 18.2 Å². The molecular formula is C21H28N4O3. The third-order valence-electron chi connectivity index (χ3n) is 4.61. The van der Waals surface area contributed by atoms with Crippen LogP contribution >= 0.6 is 0 Å². The first kappa shape index (κ1) is 20.1. The zero-order valence-electron chi connectivity index (χ0n) is 16.3. The molecule has 2 N–H and O–H groups in total. The molecule has 0 saturated carbocycles. The van der Waals surface area contributed by atoms with E-state index in [2.05, 4.69) is 20.5 Å². The van der Waals surface area contributed by atoms with Crippen LogP contribution in [-0.2, 0) is 11.3 Å². The molecule has 1 aliphatic rings. The van der Waals surface area contributed by atoms with E-state index in [4.69, 9.17) is 9.47 Å². The average molecular weight is 384 g/mol. The molecular weight excluding hydrogens is 356 g/mol. The molecule has 0 radical (unpaired) electrons. The molecule has 150 valence electrons. The van der Waals surface area contributed by atoms with Gasteiger partial charge in [-0.15, -0.1) is 0 Å². The van der Waals surface area contributed by atoms with E-state index in [0.717, 1.165) is 49.9 Å². The Morgan fingerprint density at radius 3 is 2.89 bits per heavy atom. The highest BCUT2D eigenvalue weighted by molar-refractivity contribution is 5.74. The van der Waals surface area contributed by atoms with Crippen molar-refractivity contribution in [2.75, 3.05) is 39.5 Å². The van der Waals surface area contributed by atoms with Gasteiger partial charge in [0.15, 0.2) is 0 Å². The van der Waals surface area contributed by atoms with Crippen LogP contribution in [0.4, 0.5) is 4.79 Å². The number of aromatic nitrogens is 1. The van der Waals surface area contributed by atoms with Crippen LogP contribution < -0.4 is 15.4 Å². The molecule has 1 aromatic heterocycles. The zero-order chi connectivity index (χ0) is 19.6. The fourth-order valence-electron chi connectivity index (χ4n) is 3.00. The third-order valence-corrected chi connectivity index (χ3v) is 4.61. The molecule has 2 aromatic rings. The lowest BCUT2D eigenvalue weighted by atomic mass is 10.2. The Kier molecular flexibility index (Phi) is 7.63. The lowest BCUT2D eigenvalue weighted by molar-refractivity contribution is 0.0322. The number of carbonyl (C=O) groups excluding carboxylic acids is 1. The minimum atomic E-state index is -0.225. The van der Waals surface area contributed by atoms with Crippen LogP contribution in [-0.4, -0.2) is 55.4 Å². The van der Waals surface area contributed by atoms with Gasteiger partial charge in [-0.25, -0.2) is 4.79 Å². The van der Waals surface area contributed by atoms with Gasteiger partial charge in [0.2, 0.25) is 0 Å². The molecule has 0 bridgehead atoms. The van der Waals surface area contributed by atoms with Gasteiger partial charge in [0.05, 0.1) is 24.9 Å². The van der Waals surface area contributed by atoms with E-state index < -0.39 is 0 Å². The van der Waals surface area contributed by atoms with Gasteiger partial charge >= 0.3 is 6.03 Å². The third kappa shape index (κ3) is 6.51. The quantitative estimate of drug-likeness (QED) is 0.731. The van der Waals surface area contributed by atoms with Gasteiger partial charge in [-0.2, -0.15) is 0 Å². The van der Waals surface area contributed by atoms with Gasteiger partial charge in [-0.3, -0.25) is 9.88 Å². The van der Waals surface area contributed by atoms with Crippen LogP contribution in [0.1, 0.15) is 24.2 Å². The van der Waals surface area contributed by atoms with Gasteiger partial charge in [0.1, 0.15) is 12.4 Å². The minimum absolute atomic E-state index is 0.156. The summed E-state index contributed by atoms with van der Waals surface area (Å²) in [5.74, 6) is 0.815. The Morgan fingerprint density at radius 1 is 1.25 bits per heavy atom. The van der Waals surface area contributed by atoms with Crippen LogP contribution in [0.2, 0.25) is 0 Å². The summed E-state index contributed by atoms with van der Waals surface area (Å²) in [6, 6.07) is 13.1.